The van der Waals surface area contributed by atoms with Gasteiger partial charge in [-0.1, -0.05) is 0 Å². The summed E-state index contributed by atoms with van der Waals surface area (Å²) in [4.78, 5) is 3.83. The SMILES string of the molecule is Fc1cc(Br)cn2ccnc12. The van der Waals surface area contributed by atoms with E-state index in [4.69, 9.17) is 0 Å². The molecule has 0 spiro atoms. The average molecular weight is 215 g/mol. The van der Waals surface area contributed by atoms with Gasteiger partial charge >= 0.3 is 0 Å². The first-order valence-corrected chi connectivity index (χ1v) is 3.84. The lowest BCUT2D eigenvalue weighted by molar-refractivity contribution is 0.629. The van der Waals surface area contributed by atoms with Crippen LogP contribution in [-0.4, -0.2) is 9.38 Å². The van der Waals surface area contributed by atoms with Crippen molar-refractivity contribution in [1.82, 2.24) is 9.38 Å². The summed E-state index contributed by atoms with van der Waals surface area (Å²) >= 11 is 3.18. The van der Waals surface area contributed by atoms with Crippen LogP contribution in [0.15, 0.2) is 29.1 Å². The lowest BCUT2D eigenvalue weighted by atomic mass is 10.4. The van der Waals surface area contributed by atoms with Gasteiger partial charge in [0.25, 0.3) is 0 Å². The number of pyridine rings is 1. The van der Waals surface area contributed by atoms with Crippen molar-refractivity contribution in [2.24, 2.45) is 0 Å². The molecule has 0 aromatic carbocycles. The van der Waals surface area contributed by atoms with E-state index in [1.54, 1.807) is 23.0 Å². The molecule has 0 unspecified atom stereocenters. The number of rotatable bonds is 0. The molecule has 0 bridgehead atoms. The van der Waals surface area contributed by atoms with Crippen LogP contribution in [0.3, 0.4) is 0 Å². The molecule has 0 N–H and O–H groups in total. The van der Waals surface area contributed by atoms with Crippen LogP contribution in [0.2, 0.25) is 0 Å². The molecule has 0 aliphatic heterocycles. The minimum absolute atomic E-state index is 0.315. The molecule has 2 nitrogen and oxygen atoms in total. The lowest BCUT2D eigenvalue weighted by Crippen LogP contribution is -1.87. The van der Waals surface area contributed by atoms with Crippen molar-refractivity contribution >= 4 is 21.6 Å². The maximum Gasteiger partial charge on any atom is 0.173 e. The number of hydrogen-bond donors (Lipinski definition) is 0. The highest BCUT2D eigenvalue weighted by molar-refractivity contribution is 9.10. The van der Waals surface area contributed by atoms with E-state index in [0.29, 0.717) is 10.1 Å². The van der Waals surface area contributed by atoms with Gasteiger partial charge in [-0.3, -0.25) is 0 Å². The van der Waals surface area contributed by atoms with Crippen molar-refractivity contribution in [3.63, 3.8) is 0 Å². The van der Waals surface area contributed by atoms with Gasteiger partial charge in [-0.15, -0.1) is 0 Å². The Morgan fingerprint density at radius 2 is 2.36 bits per heavy atom. The smallest absolute Gasteiger partial charge is 0.173 e. The topological polar surface area (TPSA) is 17.3 Å². The Morgan fingerprint density at radius 1 is 1.55 bits per heavy atom. The fourth-order valence-corrected chi connectivity index (χ4v) is 1.38. The quantitative estimate of drug-likeness (QED) is 0.658. The number of hydrogen-bond acceptors (Lipinski definition) is 1. The number of imidazole rings is 1. The van der Waals surface area contributed by atoms with Gasteiger partial charge in [0.05, 0.1) is 0 Å². The minimum Gasteiger partial charge on any atom is -0.304 e. The Kier molecular flexibility index (Phi) is 1.42. The van der Waals surface area contributed by atoms with Crippen molar-refractivity contribution in [1.29, 1.82) is 0 Å². The van der Waals surface area contributed by atoms with E-state index < -0.39 is 0 Å². The van der Waals surface area contributed by atoms with E-state index in [1.807, 2.05) is 0 Å². The normalized spacial score (nSPS) is 10.7. The zero-order valence-corrected chi connectivity index (χ0v) is 7.05. The fraction of sp³-hybridized carbons (Fsp3) is 0. The molecule has 0 aliphatic rings. The molecule has 0 saturated carbocycles. The predicted octanol–water partition coefficient (Wildman–Crippen LogP) is 2.24. The van der Waals surface area contributed by atoms with E-state index in [0.717, 1.165) is 0 Å². The Morgan fingerprint density at radius 3 is 3.18 bits per heavy atom. The first kappa shape index (κ1) is 6.79. The van der Waals surface area contributed by atoms with Gasteiger partial charge in [0, 0.05) is 23.1 Å². The summed E-state index contributed by atoms with van der Waals surface area (Å²) in [5, 5.41) is 0. The molecule has 0 amide bonds. The average Bonchev–Trinajstić information content (AvgIpc) is 2.34. The molecule has 2 aromatic heterocycles. The van der Waals surface area contributed by atoms with Gasteiger partial charge in [-0.25, -0.2) is 9.37 Å². The third-order valence-corrected chi connectivity index (χ3v) is 1.84. The molecule has 2 heterocycles. The first-order valence-electron chi connectivity index (χ1n) is 3.05. The Bertz CT molecular complexity index is 396. The summed E-state index contributed by atoms with van der Waals surface area (Å²) in [7, 11) is 0. The van der Waals surface area contributed by atoms with Gasteiger partial charge in [0.15, 0.2) is 11.5 Å². The second-order valence-electron chi connectivity index (χ2n) is 2.16. The van der Waals surface area contributed by atoms with Crippen LogP contribution in [0.25, 0.3) is 5.65 Å². The highest BCUT2D eigenvalue weighted by Gasteiger charge is 2.01. The number of halogens is 2. The van der Waals surface area contributed by atoms with E-state index in [2.05, 4.69) is 20.9 Å². The van der Waals surface area contributed by atoms with Crippen molar-refractivity contribution in [2.45, 2.75) is 0 Å². The van der Waals surface area contributed by atoms with Crippen LogP contribution >= 0.6 is 15.9 Å². The molecule has 56 valence electrons. The molecule has 0 saturated heterocycles. The van der Waals surface area contributed by atoms with Crippen LogP contribution < -0.4 is 0 Å². The highest BCUT2D eigenvalue weighted by Crippen LogP contribution is 2.14. The fourth-order valence-electron chi connectivity index (χ4n) is 0.958. The van der Waals surface area contributed by atoms with Gasteiger partial charge in [-0.05, 0) is 22.0 Å². The zero-order valence-electron chi connectivity index (χ0n) is 5.46. The van der Waals surface area contributed by atoms with E-state index in [-0.39, 0.29) is 5.82 Å². The van der Waals surface area contributed by atoms with Crippen molar-refractivity contribution < 1.29 is 4.39 Å². The Hall–Kier alpha value is -0.900. The van der Waals surface area contributed by atoms with E-state index >= 15 is 0 Å². The standard InChI is InChI=1S/C7H4BrFN2/c8-5-3-6(9)7-10-1-2-11(7)4-5/h1-4H. The largest absolute Gasteiger partial charge is 0.304 e. The van der Waals surface area contributed by atoms with Crippen molar-refractivity contribution in [2.75, 3.05) is 0 Å². The van der Waals surface area contributed by atoms with Crippen molar-refractivity contribution in [3.8, 4) is 0 Å². The number of nitrogens with zero attached hydrogens (tertiary/aromatic N) is 2. The molecule has 0 atom stereocenters. The van der Waals surface area contributed by atoms with E-state index in [1.165, 1.54) is 6.07 Å². The third-order valence-electron chi connectivity index (χ3n) is 1.41. The number of fused-ring (bicyclic) bond motifs is 1. The number of aromatic nitrogens is 2. The highest BCUT2D eigenvalue weighted by atomic mass is 79.9. The van der Waals surface area contributed by atoms with Gasteiger partial charge in [0.2, 0.25) is 0 Å². The molecule has 0 fully saturated rings. The van der Waals surface area contributed by atoms with Gasteiger partial charge in [-0.2, -0.15) is 0 Å². The molecule has 4 heteroatoms. The molecule has 11 heavy (non-hydrogen) atoms. The molecule has 2 rings (SSSR count). The van der Waals surface area contributed by atoms with Gasteiger partial charge in [0.1, 0.15) is 0 Å². The molecule has 2 aromatic rings. The Balaban J connectivity index is 2.91. The summed E-state index contributed by atoms with van der Waals surface area (Å²) in [5.74, 6) is -0.315. The molecule has 0 radical (unpaired) electrons. The summed E-state index contributed by atoms with van der Waals surface area (Å²) in [5.41, 5.74) is 0.355. The monoisotopic (exact) mass is 214 g/mol. The van der Waals surface area contributed by atoms with Crippen molar-refractivity contribution in [3.05, 3.63) is 34.9 Å². The maximum atomic E-state index is 13.0. The van der Waals surface area contributed by atoms with E-state index in [9.17, 15) is 4.39 Å². The summed E-state index contributed by atoms with van der Waals surface area (Å²) in [6, 6.07) is 1.39. The molecular weight excluding hydrogens is 211 g/mol. The second kappa shape index (κ2) is 2.30. The lowest BCUT2D eigenvalue weighted by Gasteiger charge is -1.95. The van der Waals surface area contributed by atoms with Crippen LogP contribution in [0, 0.1) is 5.82 Å². The van der Waals surface area contributed by atoms with Crippen LogP contribution in [-0.2, 0) is 0 Å². The zero-order chi connectivity index (χ0) is 7.84. The summed E-state index contributed by atoms with van der Waals surface area (Å²) in [6.07, 6.45) is 5.01. The second-order valence-corrected chi connectivity index (χ2v) is 3.08. The minimum atomic E-state index is -0.315. The first-order chi connectivity index (χ1) is 5.27. The molecule has 0 aliphatic carbocycles. The van der Waals surface area contributed by atoms with Crippen LogP contribution in [0.4, 0.5) is 4.39 Å². The van der Waals surface area contributed by atoms with Crippen LogP contribution in [0.1, 0.15) is 0 Å². The van der Waals surface area contributed by atoms with Gasteiger partial charge < -0.3 is 4.40 Å². The predicted molar refractivity (Wildman–Crippen MR) is 42.9 cm³/mol. The third kappa shape index (κ3) is 1.03. The Labute approximate surface area is 70.8 Å². The molecular formula is C7H4BrFN2. The van der Waals surface area contributed by atoms with Crippen LogP contribution in [0.5, 0.6) is 0 Å². The maximum absolute atomic E-state index is 13.0. The summed E-state index contributed by atoms with van der Waals surface area (Å²) < 4.78 is 15.3. The summed E-state index contributed by atoms with van der Waals surface area (Å²) in [6.45, 7) is 0.